The Labute approximate surface area is 90.6 Å². The monoisotopic (exact) mass is 222 g/mol. The molecule has 2 aromatic heterocycles. The molecule has 0 spiro atoms. The van der Waals surface area contributed by atoms with Crippen molar-refractivity contribution in [2.75, 3.05) is 0 Å². The normalized spacial score (nSPS) is 12.6. The van der Waals surface area contributed by atoms with E-state index in [1.165, 1.54) is 16.9 Å². The number of carbonyl (C=O) groups excluding carboxylic acids is 2. The van der Waals surface area contributed by atoms with Gasteiger partial charge in [-0.1, -0.05) is 0 Å². The largest absolute Gasteiger partial charge is 0.462 e. The zero-order valence-electron chi connectivity index (χ0n) is 8.54. The Balaban J connectivity index is 2.61. The summed E-state index contributed by atoms with van der Waals surface area (Å²) in [6.07, 6.45) is 1.44. The number of aromatic nitrogens is 1. The zero-order valence-corrected chi connectivity index (χ0v) is 8.54. The maximum Gasteiger partial charge on any atom is 0.299 e. The van der Waals surface area contributed by atoms with Gasteiger partial charge in [0, 0.05) is 12.1 Å². The van der Waals surface area contributed by atoms with Crippen LogP contribution in [-0.4, -0.2) is 23.0 Å². The van der Waals surface area contributed by atoms with Crippen LogP contribution >= 0.6 is 0 Å². The lowest BCUT2D eigenvalue weighted by Gasteiger charge is -2.08. The molecule has 0 aliphatic heterocycles. The van der Waals surface area contributed by atoms with Crippen LogP contribution in [0.3, 0.4) is 0 Å². The summed E-state index contributed by atoms with van der Waals surface area (Å²) < 4.78 is 11.0. The van der Waals surface area contributed by atoms with Crippen LogP contribution in [0.2, 0.25) is 0 Å². The molecule has 1 atom stereocenters. The number of hydrogen-bond acceptors (Lipinski definition) is 5. The quantitative estimate of drug-likeness (QED) is 0.774. The average molecular weight is 222 g/mol. The fourth-order valence-corrected chi connectivity index (χ4v) is 1.47. The Kier molecular flexibility index (Phi) is 2.49. The maximum absolute atomic E-state index is 11.8. The Hall–Kier alpha value is -2.08. The first-order chi connectivity index (χ1) is 7.65. The van der Waals surface area contributed by atoms with E-state index in [0.717, 1.165) is 0 Å². The van der Waals surface area contributed by atoms with E-state index in [1.807, 2.05) is 0 Å². The van der Waals surface area contributed by atoms with E-state index >= 15 is 0 Å². The van der Waals surface area contributed by atoms with Crippen LogP contribution in [0.15, 0.2) is 22.8 Å². The van der Waals surface area contributed by atoms with E-state index in [4.69, 9.17) is 14.9 Å². The highest BCUT2D eigenvalue weighted by Gasteiger charge is 2.20. The molecule has 0 radical (unpaired) electrons. The molecule has 0 unspecified atom stereocenters. The topological polar surface area (TPSA) is 87.5 Å². The molecule has 2 heterocycles. The third-order valence-electron chi connectivity index (χ3n) is 2.17. The lowest BCUT2D eigenvalue weighted by atomic mass is 10.3. The van der Waals surface area contributed by atoms with Gasteiger partial charge in [0.1, 0.15) is 0 Å². The van der Waals surface area contributed by atoms with Crippen molar-refractivity contribution in [3.8, 4) is 5.88 Å². The van der Waals surface area contributed by atoms with Gasteiger partial charge in [-0.25, -0.2) is 4.57 Å². The zero-order chi connectivity index (χ0) is 11.7. The first-order valence-electron chi connectivity index (χ1n) is 4.64. The minimum absolute atomic E-state index is 0.103. The predicted molar refractivity (Wildman–Crippen MR) is 55.2 cm³/mol. The molecule has 2 N–H and O–H groups in total. The number of hydrogen-bond donors (Lipinski definition) is 1. The molecule has 2 aromatic rings. The molecule has 0 saturated carbocycles. The molecule has 0 amide bonds. The minimum Gasteiger partial charge on any atom is -0.462 e. The Morgan fingerprint density at radius 2 is 2.44 bits per heavy atom. The van der Waals surface area contributed by atoms with Gasteiger partial charge in [0.05, 0.1) is 17.8 Å². The van der Waals surface area contributed by atoms with Gasteiger partial charge in [-0.3, -0.25) is 9.59 Å². The molecule has 0 saturated heterocycles. The molecule has 6 nitrogen and oxygen atoms in total. The summed E-state index contributed by atoms with van der Waals surface area (Å²) >= 11 is 0. The third-order valence-corrected chi connectivity index (χ3v) is 2.17. The predicted octanol–water partition coefficient (Wildman–Crippen LogP) is 0.757. The van der Waals surface area contributed by atoms with Crippen LogP contribution < -0.4 is 10.5 Å². The number of nitrogens with zero attached hydrogens (tertiary/aromatic N) is 1. The van der Waals surface area contributed by atoms with Crippen LogP contribution in [-0.2, 0) is 4.79 Å². The minimum atomic E-state index is -0.695. The van der Waals surface area contributed by atoms with E-state index in [1.54, 1.807) is 13.0 Å². The Morgan fingerprint density at radius 1 is 1.69 bits per heavy atom. The second kappa shape index (κ2) is 3.82. The summed E-state index contributed by atoms with van der Waals surface area (Å²) in [6.45, 7) is 1.80. The standard InChI is InChI=1S/C10H10N2O4/c1-6(11)10(14)12-7-2-3-15-8(7)4-9(12)16-5-13/h2-6H,11H2,1H3/t6-/m0/s1. The van der Waals surface area contributed by atoms with Crippen LogP contribution in [0.25, 0.3) is 11.1 Å². The van der Waals surface area contributed by atoms with Crippen LogP contribution in [0.1, 0.15) is 11.7 Å². The molecule has 84 valence electrons. The fraction of sp³-hybridized carbons (Fsp3) is 0.200. The van der Waals surface area contributed by atoms with Crippen molar-refractivity contribution in [3.05, 3.63) is 18.4 Å². The van der Waals surface area contributed by atoms with Gasteiger partial charge in [0.2, 0.25) is 5.88 Å². The summed E-state index contributed by atoms with van der Waals surface area (Å²) in [5.41, 5.74) is 6.50. The van der Waals surface area contributed by atoms with Crippen molar-refractivity contribution >= 4 is 23.5 Å². The third kappa shape index (κ3) is 1.49. The Bertz CT molecular complexity index is 538. The molecule has 16 heavy (non-hydrogen) atoms. The number of nitrogens with two attached hydrogens (primary N) is 1. The highest BCUT2D eigenvalue weighted by Crippen LogP contribution is 2.26. The molecule has 6 heteroatoms. The van der Waals surface area contributed by atoms with Crippen molar-refractivity contribution < 1.29 is 18.7 Å². The summed E-state index contributed by atoms with van der Waals surface area (Å²) in [6, 6.07) is 2.37. The SMILES string of the molecule is C[C@H](N)C(=O)n1c(OC=O)cc2occc21. The van der Waals surface area contributed by atoms with Crippen molar-refractivity contribution in [3.63, 3.8) is 0 Å². The maximum atomic E-state index is 11.8. The average Bonchev–Trinajstić information content (AvgIpc) is 2.76. The highest BCUT2D eigenvalue weighted by molar-refractivity contribution is 5.95. The molecule has 0 fully saturated rings. The van der Waals surface area contributed by atoms with E-state index in [0.29, 0.717) is 11.1 Å². The van der Waals surface area contributed by atoms with Crippen molar-refractivity contribution in [1.82, 2.24) is 4.57 Å². The lowest BCUT2D eigenvalue weighted by molar-refractivity contribution is -0.121. The summed E-state index contributed by atoms with van der Waals surface area (Å²) in [5, 5.41) is 0. The van der Waals surface area contributed by atoms with Gasteiger partial charge in [-0.2, -0.15) is 0 Å². The molecule has 2 rings (SSSR count). The summed E-state index contributed by atoms with van der Waals surface area (Å²) in [7, 11) is 0. The molecular formula is C10H10N2O4. The number of ether oxygens (including phenoxy) is 1. The number of rotatable bonds is 3. The van der Waals surface area contributed by atoms with Gasteiger partial charge in [0.25, 0.3) is 12.4 Å². The summed E-state index contributed by atoms with van der Waals surface area (Å²) in [5.74, 6) is -0.264. The molecular weight excluding hydrogens is 212 g/mol. The lowest BCUT2D eigenvalue weighted by Crippen LogP contribution is -2.31. The van der Waals surface area contributed by atoms with Crippen LogP contribution in [0, 0.1) is 0 Å². The number of carbonyl (C=O) groups is 2. The van der Waals surface area contributed by atoms with Crippen molar-refractivity contribution in [2.45, 2.75) is 13.0 Å². The molecule has 0 aromatic carbocycles. The van der Waals surface area contributed by atoms with Crippen LogP contribution in [0.4, 0.5) is 0 Å². The number of fused-ring (bicyclic) bond motifs is 1. The first kappa shape index (κ1) is 10.4. The summed E-state index contributed by atoms with van der Waals surface area (Å²) in [4.78, 5) is 22.1. The van der Waals surface area contributed by atoms with Crippen LogP contribution in [0.5, 0.6) is 5.88 Å². The van der Waals surface area contributed by atoms with E-state index in [-0.39, 0.29) is 18.3 Å². The van der Waals surface area contributed by atoms with Gasteiger partial charge in [-0.05, 0) is 6.92 Å². The highest BCUT2D eigenvalue weighted by atomic mass is 16.5. The second-order valence-corrected chi connectivity index (χ2v) is 3.33. The second-order valence-electron chi connectivity index (χ2n) is 3.33. The van der Waals surface area contributed by atoms with Gasteiger partial charge in [-0.15, -0.1) is 0 Å². The smallest absolute Gasteiger partial charge is 0.299 e. The van der Waals surface area contributed by atoms with E-state index in [2.05, 4.69) is 0 Å². The van der Waals surface area contributed by atoms with Crippen molar-refractivity contribution in [2.24, 2.45) is 5.73 Å². The van der Waals surface area contributed by atoms with Gasteiger partial charge < -0.3 is 14.9 Å². The fourth-order valence-electron chi connectivity index (χ4n) is 1.47. The molecule has 0 aliphatic rings. The van der Waals surface area contributed by atoms with Gasteiger partial charge in [0.15, 0.2) is 5.58 Å². The van der Waals surface area contributed by atoms with E-state index in [9.17, 15) is 9.59 Å². The molecule has 0 bridgehead atoms. The Morgan fingerprint density at radius 3 is 3.06 bits per heavy atom. The number of furan rings is 1. The van der Waals surface area contributed by atoms with E-state index < -0.39 is 6.04 Å². The first-order valence-corrected chi connectivity index (χ1v) is 4.64. The molecule has 0 aliphatic carbocycles. The van der Waals surface area contributed by atoms with Crippen molar-refractivity contribution in [1.29, 1.82) is 0 Å². The van der Waals surface area contributed by atoms with Gasteiger partial charge >= 0.3 is 0 Å².